The fraction of sp³-hybridized carbons (Fsp3) is 0.538. The summed E-state index contributed by atoms with van der Waals surface area (Å²) in [4.78, 5) is 1.27. The van der Waals surface area contributed by atoms with Gasteiger partial charge in [-0.2, -0.15) is 13.2 Å². The van der Waals surface area contributed by atoms with Gasteiger partial charge in [-0.15, -0.1) is 0 Å². The van der Waals surface area contributed by atoms with Crippen LogP contribution >= 0.6 is 11.6 Å². The molecule has 0 aliphatic rings. The fourth-order valence-electron chi connectivity index (χ4n) is 2.01. The van der Waals surface area contributed by atoms with E-state index < -0.39 is 18.8 Å². The lowest BCUT2D eigenvalue weighted by Gasteiger charge is -2.33. The average molecular weight is 296 g/mol. The van der Waals surface area contributed by atoms with Gasteiger partial charge in [-0.25, -0.2) is 0 Å². The van der Waals surface area contributed by atoms with E-state index in [0.717, 1.165) is 0 Å². The van der Waals surface area contributed by atoms with Gasteiger partial charge in [0.1, 0.15) is 5.75 Å². The van der Waals surface area contributed by atoms with E-state index in [1.165, 1.54) is 23.1 Å². The minimum absolute atomic E-state index is 0.0512. The first-order valence-electron chi connectivity index (χ1n) is 5.92. The van der Waals surface area contributed by atoms with E-state index in [1.54, 1.807) is 20.8 Å². The van der Waals surface area contributed by atoms with Crippen LogP contribution in [0.25, 0.3) is 0 Å². The van der Waals surface area contributed by atoms with Gasteiger partial charge in [-0.1, -0.05) is 11.6 Å². The van der Waals surface area contributed by atoms with Crippen molar-refractivity contribution >= 4 is 11.6 Å². The highest BCUT2D eigenvalue weighted by Gasteiger charge is 2.34. The van der Waals surface area contributed by atoms with E-state index in [4.69, 9.17) is 11.6 Å². The maximum Gasteiger partial charge on any atom is 0.401 e. The molecule has 6 heteroatoms. The van der Waals surface area contributed by atoms with Gasteiger partial charge < -0.3 is 5.11 Å². The average Bonchev–Trinajstić information content (AvgIpc) is 2.27. The van der Waals surface area contributed by atoms with Gasteiger partial charge in [-0.3, -0.25) is 4.90 Å². The fourth-order valence-corrected chi connectivity index (χ4v) is 2.19. The molecule has 2 nitrogen and oxygen atoms in total. The molecular weight excluding hydrogens is 279 g/mol. The second-order valence-corrected chi connectivity index (χ2v) is 5.20. The number of hydrogen-bond donors (Lipinski definition) is 1. The lowest BCUT2D eigenvalue weighted by Crippen LogP contribution is -2.40. The summed E-state index contributed by atoms with van der Waals surface area (Å²) in [5.41, 5.74) is 0.394. The molecule has 0 aliphatic heterocycles. The Labute approximate surface area is 115 Å². The Bertz CT molecular complexity index is 434. The summed E-state index contributed by atoms with van der Waals surface area (Å²) in [7, 11) is 0. The molecule has 0 amide bonds. The minimum Gasteiger partial charge on any atom is -0.508 e. The van der Waals surface area contributed by atoms with Crippen molar-refractivity contribution < 1.29 is 18.3 Å². The molecule has 0 bridgehead atoms. The molecule has 1 rings (SSSR count). The standard InChI is InChI=1S/C13H17ClF3NO/c1-8(2)18(7-13(15,16)17)9(3)11-6-10(14)4-5-12(11)19/h4-6,8-9,19H,7H2,1-3H3. The highest BCUT2D eigenvalue weighted by molar-refractivity contribution is 6.30. The zero-order valence-corrected chi connectivity index (χ0v) is 11.8. The van der Waals surface area contributed by atoms with Crippen LogP contribution in [0.5, 0.6) is 5.75 Å². The molecule has 0 heterocycles. The first-order valence-corrected chi connectivity index (χ1v) is 6.30. The molecule has 1 N–H and O–H groups in total. The van der Waals surface area contributed by atoms with Gasteiger partial charge >= 0.3 is 6.18 Å². The number of alkyl halides is 3. The van der Waals surface area contributed by atoms with Crippen LogP contribution in [-0.4, -0.2) is 28.8 Å². The van der Waals surface area contributed by atoms with Crippen molar-refractivity contribution in [3.63, 3.8) is 0 Å². The molecule has 1 aromatic carbocycles. The van der Waals surface area contributed by atoms with E-state index >= 15 is 0 Å². The largest absolute Gasteiger partial charge is 0.508 e. The van der Waals surface area contributed by atoms with Gasteiger partial charge in [-0.05, 0) is 39.0 Å². The van der Waals surface area contributed by atoms with E-state index in [0.29, 0.717) is 10.6 Å². The van der Waals surface area contributed by atoms with Crippen molar-refractivity contribution in [3.05, 3.63) is 28.8 Å². The molecule has 0 saturated carbocycles. The molecule has 19 heavy (non-hydrogen) atoms. The topological polar surface area (TPSA) is 23.5 Å². The second kappa shape index (κ2) is 6.01. The Kier molecular flexibility index (Phi) is 5.10. The summed E-state index contributed by atoms with van der Waals surface area (Å²) >= 11 is 5.83. The lowest BCUT2D eigenvalue weighted by molar-refractivity contribution is -0.154. The number of aromatic hydroxyl groups is 1. The Balaban J connectivity index is 3.05. The Hall–Kier alpha value is -0.940. The smallest absolute Gasteiger partial charge is 0.401 e. The number of phenols is 1. The Morgan fingerprint density at radius 2 is 1.84 bits per heavy atom. The van der Waals surface area contributed by atoms with Gasteiger partial charge in [0, 0.05) is 22.7 Å². The molecule has 1 unspecified atom stereocenters. The predicted octanol–water partition coefficient (Wildman–Crippen LogP) is 4.38. The summed E-state index contributed by atoms with van der Waals surface area (Å²) in [5.74, 6) is -0.0512. The van der Waals surface area contributed by atoms with Crippen LogP contribution in [0.1, 0.15) is 32.4 Å². The van der Waals surface area contributed by atoms with E-state index in [1.807, 2.05) is 0 Å². The van der Waals surface area contributed by atoms with Gasteiger partial charge in [0.15, 0.2) is 0 Å². The number of nitrogens with zero attached hydrogens (tertiary/aromatic N) is 1. The van der Waals surface area contributed by atoms with Crippen molar-refractivity contribution in [2.45, 2.75) is 39.0 Å². The maximum atomic E-state index is 12.6. The van der Waals surface area contributed by atoms with Gasteiger partial charge in [0.05, 0.1) is 6.54 Å². The van der Waals surface area contributed by atoms with Crippen LogP contribution in [0.4, 0.5) is 13.2 Å². The molecular formula is C13H17ClF3NO. The third-order valence-electron chi connectivity index (χ3n) is 2.96. The van der Waals surface area contributed by atoms with E-state index in [-0.39, 0.29) is 11.8 Å². The first kappa shape index (κ1) is 16.1. The van der Waals surface area contributed by atoms with Crippen molar-refractivity contribution in [1.82, 2.24) is 4.90 Å². The highest BCUT2D eigenvalue weighted by Crippen LogP contribution is 2.33. The van der Waals surface area contributed by atoms with Crippen LogP contribution in [0, 0.1) is 0 Å². The molecule has 0 fully saturated rings. The predicted molar refractivity (Wildman–Crippen MR) is 69.4 cm³/mol. The molecule has 1 atom stereocenters. The molecule has 0 radical (unpaired) electrons. The lowest BCUT2D eigenvalue weighted by atomic mass is 10.0. The number of hydrogen-bond acceptors (Lipinski definition) is 2. The summed E-state index contributed by atoms with van der Waals surface area (Å²) < 4.78 is 37.8. The minimum atomic E-state index is -4.28. The quantitative estimate of drug-likeness (QED) is 0.891. The van der Waals surface area contributed by atoms with Crippen molar-refractivity contribution in [1.29, 1.82) is 0 Å². The summed E-state index contributed by atoms with van der Waals surface area (Å²) in [6.07, 6.45) is -4.28. The van der Waals surface area contributed by atoms with Crippen LogP contribution in [-0.2, 0) is 0 Å². The third kappa shape index (κ3) is 4.58. The van der Waals surface area contributed by atoms with Gasteiger partial charge in [0.2, 0.25) is 0 Å². The SMILES string of the molecule is CC(C)N(CC(F)(F)F)C(C)c1cc(Cl)ccc1O. The Morgan fingerprint density at radius 3 is 2.32 bits per heavy atom. The number of halogens is 4. The van der Waals surface area contributed by atoms with Crippen molar-refractivity contribution in [3.8, 4) is 5.75 Å². The van der Waals surface area contributed by atoms with E-state index in [9.17, 15) is 18.3 Å². The molecule has 108 valence electrons. The van der Waals surface area contributed by atoms with Crippen LogP contribution in [0.15, 0.2) is 18.2 Å². The number of benzene rings is 1. The monoisotopic (exact) mass is 295 g/mol. The van der Waals surface area contributed by atoms with E-state index in [2.05, 4.69) is 0 Å². The molecule has 0 saturated heterocycles. The zero-order chi connectivity index (χ0) is 14.8. The normalized spacial score (nSPS) is 14.2. The first-order chi connectivity index (χ1) is 8.61. The summed E-state index contributed by atoms with van der Waals surface area (Å²) in [6.45, 7) is 3.96. The summed E-state index contributed by atoms with van der Waals surface area (Å²) in [5, 5.41) is 10.2. The molecule has 0 aromatic heterocycles. The van der Waals surface area contributed by atoms with Gasteiger partial charge in [0.25, 0.3) is 0 Å². The van der Waals surface area contributed by atoms with Crippen LogP contribution in [0.2, 0.25) is 5.02 Å². The van der Waals surface area contributed by atoms with Crippen molar-refractivity contribution in [2.75, 3.05) is 6.54 Å². The summed E-state index contributed by atoms with van der Waals surface area (Å²) in [6, 6.07) is 3.49. The number of rotatable bonds is 4. The second-order valence-electron chi connectivity index (χ2n) is 4.76. The molecule has 1 aromatic rings. The Morgan fingerprint density at radius 1 is 1.26 bits per heavy atom. The molecule has 0 aliphatic carbocycles. The number of phenolic OH excluding ortho intramolecular Hbond substituents is 1. The zero-order valence-electron chi connectivity index (χ0n) is 11.0. The van der Waals surface area contributed by atoms with Crippen molar-refractivity contribution in [2.24, 2.45) is 0 Å². The molecule has 0 spiro atoms. The van der Waals surface area contributed by atoms with Crippen LogP contribution in [0.3, 0.4) is 0 Å². The third-order valence-corrected chi connectivity index (χ3v) is 3.20. The van der Waals surface area contributed by atoms with Crippen LogP contribution < -0.4 is 0 Å². The highest BCUT2D eigenvalue weighted by atomic mass is 35.5. The maximum absolute atomic E-state index is 12.6.